The van der Waals surface area contributed by atoms with E-state index in [4.69, 9.17) is 0 Å². The number of fused-ring (bicyclic) bond motifs is 1. The maximum atomic E-state index is 12.7. The summed E-state index contributed by atoms with van der Waals surface area (Å²) < 4.78 is 0. The molecular weight excluding hydrogens is 358 g/mol. The van der Waals surface area contributed by atoms with E-state index in [0.717, 1.165) is 21.5 Å². The Labute approximate surface area is 162 Å². The summed E-state index contributed by atoms with van der Waals surface area (Å²) >= 11 is 1.50. The highest BCUT2D eigenvalue weighted by Gasteiger charge is 2.27. The molecule has 0 spiro atoms. The number of anilines is 2. The molecule has 138 valence electrons. The number of nitrogens with zero attached hydrogens (tertiary/aromatic N) is 1. The second-order valence-corrected chi connectivity index (χ2v) is 7.63. The third-order valence-electron chi connectivity index (χ3n) is 4.95. The maximum absolute atomic E-state index is 12.7. The topological polar surface area (TPSA) is 61.4 Å². The van der Waals surface area contributed by atoms with Gasteiger partial charge in [0.15, 0.2) is 0 Å². The van der Waals surface area contributed by atoms with Gasteiger partial charge in [-0.15, -0.1) is 11.3 Å². The molecule has 0 radical (unpaired) electrons. The standard InChI is InChI=1S/C21H21N3O2S/c25-20(22-18-8-3-6-15-5-1-2-7-17(15)18)16-10-12-24(13-11-16)21(26)23-19-9-4-14-27-19/h1-9,14,16H,10-13H2,(H,22,25)(H,23,26). The number of carbonyl (C=O) groups is 2. The molecule has 5 nitrogen and oxygen atoms in total. The van der Waals surface area contributed by atoms with E-state index in [1.54, 1.807) is 4.90 Å². The van der Waals surface area contributed by atoms with Crippen molar-refractivity contribution in [1.29, 1.82) is 0 Å². The molecule has 2 aromatic carbocycles. The van der Waals surface area contributed by atoms with Crippen LogP contribution in [0.5, 0.6) is 0 Å². The van der Waals surface area contributed by atoms with Crippen LogP contribution in [-0.2, 0) is 4.79 Å². The van der Waals surface area contributed by atoms with Crippen LogP contribution in [0.25, 0.3) is 10.8 Å². The first-order valence-electron chi connectivity index (χ1n) is 9.09. The van der Waals surface area contributed by atoms with E-state index in [1.807, 2.05) is 60.0 Å². The largest absolute Gasteiger partial charge is 0.325 e. The average molecular weight is 379 g/mol. The van der Waals surface area contributed by atoms with Crippen molar-refractivity contribution in [3.05, 3.63) is 60.0 Å². The van der Waals surface area contributed by atoms with Crippen LogP contribution in [0.2, 0.25) is 0 Å². The van der Waals surface area contributed by atoms with Gasteiger partial charge in [0.2, 0.25) is 5.91 Å². The van der Waals surface area contributed by atoms with Gasteiger partial charge >= 0.3 is 6.03 Å². The zero-order chi connectivity index (χ0) is 18.6. The van der Waals surface area contributed by atoms with E-state index in [0.29, 0.717) is 25.9 Å². The highest BCUT2D eigenvalue weighted by Crippen LogP contribution is 2.26. The lowest BCUT2D eigenvalue weighted by Crippen LogP contribution is -2.43. The molecule has 4 rings (SSSR count). The van der Waals surface area contributed by atoms with Crippen LogP contribution < -0.4 is 10.6 Å². The van der Waals surface area contributed by atoms with Crippen LogP contribution in [0.4, 0.5) is 15.5 Å². The molecule has 0 unspecified atom stereocenters. The molecule has 0 atom stereocenters. The van der Waals surface area contributed by atoms with Crippen molar-refractivity contribution in [3.8, 4) is 0 Å². The van der Waals surface area contributed by atoms with E-state index < -0.39 is 0 Å². The number of rotatable bonds is 3. The Morgan fingerprint density at radius 1 is 0.926 bits per heavy atom. The number of piperidine rings is 1. The first-order valence-corrected chi connectivity index (χ1v) is 9.97. The van der Waals surface area contributed by atoms with Crippen LogP contribution in [0.1, 0.15) is 12.8 Å². The summed E-state index contributed by atoms with van der Waals surface area (Å²) in [5, 5.41) is 10.9. The summed E-state index contributed by atoms with van der Waals surface area (Å²) in [7, 11) is 0. The predicted octanol–water partition coefficient (Wildman–Crippen LogP) is 4.78. The minimum Gasteiger partial charge on any atom is -0.325 e. The first-order chi connectivity index (χ1) is 13.2. The molecule has 1 aliphatic rings. The van der Waals surface area contributed by atoms with Crippen LogP contribution >= 0.6 is 11.3 Å². The maximum Gasteiger partial charge on any atom is 0.322 e. The van der Waals surface area contributed by atoms with Gasteiger partial charge < -0.3 is 10.2 Å². The highest BCUT2D eigenvalue weighted by molar-refractivity contribution is 7.14. The van der Waals surface area contributed by atoms with Gasteiger partial charge in [0.25, 0.3) is 0 Å². The molecule has 1 saturated heterocycles. The van der Waals surface area contributed by atoms with E-state index in [-0.39, 0.29) is 17.9 Å². The van der Waals surface area contributed by atoms with Crippen molar-refractivity contribution >= 4 is 44.7 Å². The van der Waals surface area contributed by atoms with E-state index in [9.17, 15) is 9.59 Å². The molecule has 6 heteroatoms. The lowest BCUT2D eigenvalue weighted by Gasteiger charge is -2.31. The third kappa shape index (κ3) is 3.95. The van der Waals surface area contributed by atoms with Crippen molar-refractivity contribution in [2.75, 3.05) is 23.7 Å². The van der Waals surface area contributed by atoms with Crippen molar-refractivity contribution in [1.82, 2.24) is 4.90 Å². The smallest absolute Gasteiger partial charge is 0.322 e. The van der Waals surface area contributed by atoms with Crippen molar-refractivity contribution in [2.45, 2.75) is 12.8 Å². The predicted molar refractivity (Wildman–Crippen MR) is 110 cm³/mol. The fraction of sp³-hybridized carbons (Fsp3) is 0.238. The number of nitrogens with one attached hydrogen (secondary N) is 2. The third-order valence-corrected chi connectivity index (χ3v) is 5.74. The van der Waals surface area contributed by atoms with Gasteiger partial charge in [-0.25, -0.2) is 4.79 Å². The van der Waals surface area contributed by atoms with Crippen molar-refractivity contribution in [3.63, 3.8) is 0 Å². The van der Waals surface area contributed by atoms with Crippen LogP contribution in [0, 0.1) is 5.92 Å². The summed E-state index contributed by atoms with van der Waals surface area (Å²) in [6.07, 6.45) is 1.35. The molecule has 27 heavy (non-hydrogen) atoms. The summed E-state index contributed by atoms with van der Waals surface area (Å²) in [4.78, 5) is 26.8. The molecule has 2 heterocycles. The first kappa shape index (κ1) is 17.5. The number of thiophene rings is 1. The van der Waals surface area contributed by atoms with Gasteiger partial charge in [-0.3, -0.25) is 10.1 Å². The lowest BCUT2D eigenvalue weighted by molar-refractivity contribution is -0.121. The number of carbonyl (C=O) groups excluding carboxylic acids is 2. The van der Waals surface area contributed by atoms with Crippen LogP contribution in [-0.4, -0.2) is 29.9 Å². The second kappa shape index (κ2) is 7.80. The highest BCUT2D eigenvalue weighted by atomic mass is 32.1. The Morgan fingerprint density at radius 3 is 2.48 bits per heavy atom. The van der Waals surface area contributed by atoms with E-state index in [1.165, 1.54) is 11.3 Å². The Morgan fingerprint density at radius 2 is 1.70 bits per heavy atom. The summed E-state index contributed by atoms with van der Waals surface area (Å²) in [6, 6.07) is 17.6. The monoisotopic (exact) mass is 379 g/mol. The minimum absolute atomic E-state index is 0.0321. The van der Waals surface area contributed by atoms with Gasteiger partial charge in [-0.1, -0.05) is 36.4 Å². The quantitative estimate of drug-likeness (QED) is 0.688. The Kier molecular flexibility index (Phi) is 5.07. The molecule has 1 aromatic heterocycles. The van der Waals surface area contributed by atoms with Gasteiger partial charge in [0.05, 0.1) is 5.00 Å². The normalized spacial score (nSPS) is 14.9. The number of hydrogen-bond acceptors (Lipinski definition) is 3. The fourth-order valence-electron chi connectivity index (χ4n) is 3.45. The Bertz CT molecular complexity index is 942. The molecule has 3 amide bonds. The summed E-state index contributed by atoms with van der Waals surface area (Å²) in [5.41, 5.74) is 0.843. The van der Waals surface area contributed by atoms with Crippen LogP contribution in [0.15, 0.2) is 60.0 Å². The van der Waals surface area contributed by atoms with E-state index >= 15 is 0 Å². The lowest BCUT2D eigenvalue weighted by atomic mass is 9.95. The molecule has 2 N–H and O–H groups in total. The van der Waals surface area contributed by atoms with Gasteiger partial charge in [0, 0.05) is 30.1 Å². The van der Waals surface area contributed by atoms with Gasteiger partial charge in [0.1, 0.15) is 0 Å². The van der Waals surface area contributed by atoms with Gasteiger partial charge in [-0.2, -0.15) is 0 Å². The van der Waals surface area contributed by atoms with Gasteiger partial charge in [-0.05, 0) is 41.8 Å². The van der Waals surface area contributed by atoms with Crippen LogP contribution in [0.3, 0.4) is 0 Å². The molecule has 1 aliphatic heterocycles. The Balaban J connectivity index is 1.35. The zero-order valence-electron chi connectivity index (χ0n) is 14.9. The fourth-order valence-corrected chi connectivity index (χ4v) is 4.06. The minimum atomic E-state index is -0.0923. The number of urea groups is 1. The Hall–Kier alpha value is -2.86. The molecular formula is C21H21N3O2S. The second-order valence-electron chi connectivity index (χ2n) is 6.68. The number of benzene rings is 2. The number of amides is 3. The molecule has 3 aromatic rings. The van der Waals surface area contributed by atoms with E-state index in [2.05, 4.69) is 10.6 Å². The number of hydrogen-bond donors (Lipinski definition) is 2. The van der Waals surface area contributed by atoms with Crippen molar-refractivity contribution < 1.29 is 9.59 Å². The average Bonchev–Trinajstić information content (AvgIpc) is 3.21. The molecule has 0 bridgehead atoms. The number of likely N-dealkylation sites (tertiary alicyclic amines) is 1. The zero-order valence-corrected chi connectivity index (χ0v) is 15.7. The molecule has 0 saturated carbocycles. The summed E-state index contributed by atoms with van der Waals surface area (Å²) in [6.45, 7) is 1.18. The summed E-state index contributed by atoms with van der Waals surface area (Å²) in [5.74, 6) is -0.0422. The molecule has 1 fully saturated rings. The molecule has 0 aliphatic carbocycles. The van der Waals surface area contributed by atoms with Crippen molar-refractivity contribution in [2.24, 2.45) is 5.92 Å². The SMILES string of the molecule is O=C(Nc1cccc2ccccc12)C1CCN(C(=O)Nc2cccs2)CC1.